The molecular formula is C16H25NO4. The van der Waals surface area contributed by atoms with Crippen molar-refractivity contribution >= 4 is 5.91 Å². The van der Waals surface area contributed by atoms with Crippen LogP contribution in [0, 0.1) is 20.8 Å². The molecule has 0 bridgehead atoms. The summed E-state index contributed by atoms with van der Waals surface area (Å²) in [6, 6.07) is 0. The maximum Gasteiger partial charge on any atom is 0.255 e. The molecule has 118 valence electrons. The molecule has 1 aromatic rings. The van der Waals surface area contributed by atoms with Gasteiger partial charge in [-0.25, -0.2) is 0 Å². The van der Waals surface area contributed by atoms with E-state index in [-0.39, 0.29) is 12.0 Å². The second-order valence-electron chi connectivity index (χ2n) is 5.53. The van der Waals surface area contributed by atoms with Gasteiger partial charge in [0, 0.05) is 25.3 Å². The predicted octanol–water partition coefficient (Wildman–Crippen LogP) is 2.52. The normalized spacial score (nSPS) is 18.1. The maximum absolute atomic E-state index is 12.1. The topological polar surface area (TPSA) is 60.7 Å². The maximum atomic E-state index is 12.1. The number of ether oxygens (including phenoxy) is 2. The lowest BCUT2D eigenvalue weighted by Gasteiger charge is -2.10. The van der Waals surface area contributed by atoms with Gasteiger partial charge in [-0.2, -0.15) is 0 Å². The molecule has 5 heteroatoms. The molecule has 0 aromatic carbocycles. The van der Waals surface area contributed by atoms with Gasteiger partial charge in [0.25, 0.3) is 5.91 Å². The Morgan fingerprint density at radius 2 is 2.14 bits per heavy atom. The monoisotopic (exact) mass is 295 g/mol. The molecule has 0 radical (unpaired) electrons. The second-order valence-corrected chi connectivity index (χ2v) is 5.53. The Bertz CT molecular complexity index is 475. The summed E-state index contributed by atoms with van der Waals surface area (Å²) in [6.45, 7) is 8.36. The molecule has 1 saturated heterocycles. The number of hydrogen-bond acceptors (Lipinski definition) is 4. The molecule has 1 aromatic heterocycles. The highest BCUT2D eigenvalue weighted by atomic mass is 16.5. The van der Waals surface area contributed by atoms with Crippen LogP contribution in [0.2, 0.25) is 0 Å². The summed E-state index contributed by atoms with van der Waals surface area (Å²) in [6.07, 6.45) is 3.29. The van der Waals surface area contributed by atoms with Crippen molar-refractivity contribution in [3.8, 4) is 0 Å². The SMILES string of the molecule is Cc1oc(C)c(C(=O)NCCCOCC2CCCO2)c1C. The summed E-state index contributed by atoms with van der Waals surface area (Å²) < 4.78 is 16.5. The van der Waals surface area contributed by atoms with Crippen LogP contribution in [0.15, 0.2) is 4.42 Å². The van der Waals surface area contributed by atoms with Gasteiger partial charge in [0.05, 0.1) is 18.3 Å². The Morgan fingerprint density at radius 3 is 2.76 bits per heavy atom. The fourth-order valence-corrected chi connectivity index (χ4v) is 2.58. The fraction of sp³-hybridized carbons (Fsp3) is 0.688. The van der Waals surface area contributed by atoms with Crippen molar-refractivity contribution in [2.45, 2.75) is 46.1 Å². The van der Waals surface area contributed by atoms with Crippen LogP contribution in [-0.2, 0) is 9.47 Å². The molecule has 21 heavy (non-hydrogen) atoms. The quantitative estimate of drug-likeness (QED) is 0.785. The van der Waals surface area contributed by atoms with E-state index in [2.05, 4.69) is 5.32 Å². The molecule has 1 fully saturated rings. The third-order valence-electron chi connectivity index (χ3n) is 3.87. The highest BCUT2D eigenvalue weighted by Gasteiger charge is 2.18. The first kappa shape index (κ1) is 16.0. The smallest absolute Gasteiger partial charge is 0.255 e. The van der Waals surface area contributed by atoms with Gasteiger partial charge in [-0.1, -0.05) is 0 Å². The molecule has 5 nitrogen and oxygen atoms in total. The van der Waals surface area contributed by atoms with Crippen LogP contribution < -0.4 is 5.32 Å². The van der Waals surface area contributed by atoms with Gasteiger partial charge in [0.2, 0.25) is 0 Å². The molecule has 0 aliphatic carbocycles. The average molecular weight is 295 g/mol. The zero-order valence-corrected chi connectivity index (χ0v) is 13.2. The van der Waals surface area contributed by atoms with Crippen LogP contribution in [0.25, 0.3) is 0 Å². The Kier molecular flexibility index (Phi) is 5.82. The first-order valence-electron chi connectivity index (χ1n) is 7.63. The molecule has 1 atom stereocenters. The molecule has 2 rings (SSSR count). The van der Waals surface area contributed by atoms with Crippen molar-refractivity contribution in [1.82, 2.24) is 5.32 Å². The van der Waals surface area contributed by atoms with Gasteiger partial charge < -0.3 is 19.2 Å². The number of amides is 1. The zero-order valence-electron chi connectivity index (χ0n) is 13.2. The lowest BCUT2D eigenvalue weighted by molar-refractivity contribution is 0.0166. The van der Waals surface area contributed by atoms with Crippen molar-refractivity contribution in [2.75, 3.05) is 26.4 Å². The Labute approximate surface area is 126 Å². The summed E-state index contributed by atoms with van der Waals surface area (Å²) in [5.41, 5.74) is 1.58. The first-order valence-corrected chi connectivity index (χ1v) is 7.63. The molecule has 0 saturated carbocycles. The van der Waals surface area contributed by atoms with Crippen molar-refractivity contribution in [2.24, 2.45) is 0 Å². The summed E-state index contributed by atoms with van der Waals surface area (Å²) in [4.78, 5) is 12.1. The first-order chi connectivity index (χ1) is 10.1. The largest absolute Gasteiger partial charge is 0.466 e. The molecule has 0 spiro atoms. The van der Waals surface area contributed by atoms with Gasteiger partial charge >= 0.3 is 0 Å². The highest BCUT2D eigenvalue weighted by Crippen LogP contribution is 2.20. The van der Waals surface area contributed by atoms with Crippen LogP contribution in [0.5, 0.6) is 0 Å². The number of rotatable bonds is 7. The van der Waals surface area contributed by atoms with E-state index in [0.29, 0.717) is 31.1 Å². The number of hydrogen-bond donors (Lipinski definition) is 1. The van der Waals surface area contributed by atoms with Crippen LogP contribution in [0.3, 0.4) is 0 Å². The van der Waals surface area contributed by atoms with Crippen LogP contribution in [0.1, 0.15) is 46.7 Å². The van der Waals surface area contributed by atoms with Gasteiger partial charge in [0.1, 0.15) is 11.5 Å². The minimum absolute atomic E-state index is 0.0685. The summed E-state index contributed by atoms with van der Waals surface area (Å²) in [7, 11) is 0. The van der Waals surface area contributed by atoms with E-state index in [1.54, 1.807) is 0 Å². The third-order valence-corrected chi connectivity index (χ3v) is 3.87. The van der Waals surface area contributed by atoms with Crippen molar-refractivity contribution < 1.29 is 18.7 Å². The molecule has 2 heterocycles. The second kappa shape index (κ2) is 7.61. The minimum Gasteiger partial charge on any atom is -0.466 e. The number of aryl methyl sites for hydroxylation is 2. The van der Waals surface area contributed by atoms with Crippen LogP contribution in [-0.4, -0.2) is 38.4 Å². The third kappa shape index (κ3) is 4.32. The van der Waals surface area contributed by atoms with E-state index in [9.17, 15) is 4.79 Å². The van der Waals surface area contributed by atoms with E-state index >= 15 is 0 Å². The van der Waals surface area contributed by atoms with Gasteiger partial charge in [-0.05, 0) is 40.0 Å². The Hall–Kier alpha value is -1.33. The van der Waals surface area contributed by atoms with Gasteiger partial charge in [-0.3, -0.25) is 4.79 Å². The number of carbonyl (C=O) groups excluding carboxylic acids is 1. The summed E-state index contributed by atoms with van der Waals surface area (Å²) in [5.74, 6) is 1.41. The zero-order chi connectivity index (χ0) is 15.2. The van der Waals surface area contributed by atoms with E-state index in [1.807, 2.05) is 20.8 Å². The van der Waals surface area contributed by atoms with Crippen molar-refractivity contribution in [3.05, 3.63) is 22.6 Å². The lowest BCUT2D eigenvalue weighted by Crippen LogP contribution is -2.26. The van der Waals surface area contributed by atoms with Crippen LogP contribution >= 0.6 is 0 Å². The summed E-state index contributed by atoms with van der Waals surface area (Å²) in [5, 5.41) is 2.91. The van der Waals surface area contributed by atoms with Gasteiger partial charge in [0.15, 0.2) is 0 Å². The van der Waals surface area contributed by atoms with Crippen molar-refractivity contribution in [3.63, 3.8) is 0 Å². The number of carbonyl (C=O) groups is 1. The van der Waals surface area contributed by atoms with E-state index in [0.717, 1.165) is 37.2 Å². The van der Waals surface area contributed by atoms with E-state index < -0.39 is 0 Å². The predicted molar refractivity (Wildman–Crippen MR) is 79.7 cm³/mol. The number of nitrogens with one attached hydrogen (secondary N) is 1. The van der Waals surface area contributed by atoms with Gasteiger partial charge in [-0.15, -0.1) is 0 Å². The molecule has 1 aliphatic heterocycles. The summed E-state index contributed by atoms with van der Waals surface area (Å²) >= 11 is 0. The molecule has 1 N–H and O–H groups in total. The molecule has 1 amide bonds. The molecular weight excluding hydrogens is 270 g/mol. The Balaban J connectivity index is 1.63. The number of furan rings is 1. The molecule has 1 aliphatic rings. The molecule has 1 unspecified atom stereocenters. The van der Waals surface area contributed by atoms with Crippen molar-refractivity contribution in [1.29, 1.82) is 0 Å². The van der Waals surface area contributed by atoms with Crippen LogP contribution in [0.4, 0.5) is 0 Å². The average Bonchev–Trinajstić information content (AvgIpc) is 3.03. The highest BCUT2D eigenvalue weighted by molar-refractivity contribution is 5.96. The Morgan fingerprint density at radius 1 is 1.33 bits per heavy atom. The fourth-order valence-electron chi connectivity index (χ4n) is 2.58. The van der Waals surface area contributed by atoms with E-state index in [4.69, 9.17) is 13.9 Å². The minimum atomic E-state index is -0.0685. The van der Waals surface area contributed by atoms with E-state index in [1.165, 1.54) is 0 Å². The standard InChI is InChI=1S/C16H25NO4/c1-11-12(2)21-13(3)15(11)16(18)17-7-5-8-19-10-14-6-4-9-20-14/h14H,4-10H2,1-3H3,(H,17,18). The lowest BCUT2D eigenvalue weighted by atomic mass is 10.1.